The number of allylic oxidation sites excluding steroid dienone is 5. The van der Waals surface area contributed by atoms with Gasteiger partial charge < -0.3 is 0 Å². The van der Waals surface area contributed by atoms with Gasteiger partial charge in [-0.05, 0) is 93.2 Å². The molecule has 0 heteroatoms. The van der Waals surface area contributed by atoms with Crippen molar-refractivity contribution in [1.82, 2.24) is 0 Å². The number of fused-ring (bicyclic) bond motifs is 3. The van der Waals surface area contributed by atoms with Gasteiger partial charge in [-0.15, -0.1) is 0 Å². The molecule has 0 radical (unpaired) electrons. The molecule has 0 N–H and O–H groups in total. The Bertz CT molecular complexity index is 834. The van der Waals surface area contributed by atoms with Gasteiger partial charge in [0.2, 0.25) is 0 Å². The van der Waals surface area contributed by atoms with Gasteiger partial charge in [0, 0.05) is 10.8 Å². The predicted octanol–water partition coefficient (Wildman–Crippen LogP) is 7.32. The number of benzene rings is 1. The van der Waals surface area contributed by atoms with Crippen molar-refractivity contribution in [2.75, 3.05) is 0 Å². The first-order valence-electron chi connectivity index (χ1n) is 10.6. The predicted molar refractivity (Wildman–Crippen MR) is 114 cm³/mol. The fourth-order valence-corrected chi connectivity index (χ4v) is 6.36. The van der Waals surface area contributed by atoms with Gasteiger partial charge in [-0.25, -0.2) is 0 Å². The Morgan fingerprint density at radius 1 is 0.923 bits per heavy atom. The highest BCUT2D eigenvalue weighted by Gasteiger charge is 2.55. The summed E-state index contributed by atoms with van der Waals surface area (Å²) in [7, 11) is 0. The van der Waals surface area contributed by atoms with Crippen molar-refractivity contribution >= 4 is 6.08 Å². The van der Waals surface area contributed by atoms with Crippen LogP contribution in [0.15, 0.2) is 40.5 Å². The summed E-state index contributed by atoms with van der Waals surface area (Å²) in [6, 6.07) is 4.82. The average Bonchev–Trinajstić information content (AvgIpc) is 3.11. The minimum atomic E-state index is 0.103. The maximum Gasteiger partial charge on any atom is 0.0272 e. The van der Waals surface area contributed by atoms with Gasteiger partial charge in [-0.3, -0.25) is 0 Å². The molecule has 0 amide bonds. The average molecular weight is 347 g/mol. The SMILES string of the molecule is CCCC1(C2(C)C(C)=C(C)C(C)=C2C)C=Cc2ccc3c(c21)CCCC3. The Labute approximate surface area is 160 Å². The molecule has 0 bridgehead atoms. The Morgan fingerprint density at radius 3 is 2.23 bits per heavy atom. The van der Waals surface area contributed by atoms with Crippen molar-refractivity contribution < 1.29 is 0 Å². The lowest BCUT2D eigenvalue weighted by molar-refractivity contribution is 0.269. The second-order valence-corrected chi connectivity index (χ2v) is 9.05. The van der Waals surface area contributed by atoms with Gasteiger partial charge >= 0.3 is 0 Å². The van der Waals surface area contributed by atoms with Crippen LogP contribution in [-0.4, -0.2) is 0 Å². The molecule has 0 fully saturated rings. The Morgan fingerprint density at radius 2 is 1.58 bits per heavy atom. The molecule has 0 heterocycles. The molecule has 138 valence electrons. The fraction of sp³-hybridized carbons (Fsp3) is 0.538. The smallest absolute Gasteiger partial charge is 0.0272 e. The first kappa shape index (κ1) is 17.8. The molecule has 1 atom stereocenters. The van der Waals surface area contributed by atoms with E-state index >= 15 is 0 Å². The second kappa shape index (κ2) is 5.98. The number of hydrogen-bond acceptors (Lipinski definition) is 0. The zero-order chi connectivity index (χ0) is 18.7. The van der Waals surface area contributed by atoms with Crippen LogP contribution < -0.4 is 0 Å². The fourth-order valence-electron chi connectivity index (χ4n) is 6.36. The van der Waals surface area contributed by atoms with E-state index in [0.29, 0.717) is 0 Å². The van der Waals surface area contributed by atoms with Gasteiger partial charge in [-0.2, -0.15) is 0 Å². The third-order valence-corrected chi connectivity index (χ3v) is 8.28. The normalized spacial score (nSPS) is 26.5. The monoisotopic (exact) mass is 346 g/mol. The van der Waals surface area contributed by atoms with E-state index in [-0.39, 0.29) is 10.8 Å². The third-order valence-electron chi connectivity index (χ3n) is 8.28. The molecular formula is C26H34. The summed E-state index contributed by atoms with van der Waals surface area (Å²) < 4.78 is 0. The zero-order valence-corrected chi connectivity index (χ0v) is 17.6. The largest absolute Gasteiger partial charge is 0.0721 e. The van der Waals surface area contributed by atoms with Crippen molar-refractivity contribution in [3.05, 3.63) is 62.8 Å². The molecule has 26 heavy (non-hydrogen) atoms. The first-order valence-corrected chi connectivity index (χ1v) is 10.6. The molecule has 0 aromatic heterocycles. The maximum atomic E-state index is 2.59. The van der Waals surface area contributed by atoms with Gasteiger partial charge in [-0.1, -0.05) is 55.7 Å². The summed E-state index contributed by atoms with van der Waals surface area (Å²) in [5, 5.41) is 0. The minimum absolute atomic E-state index is 0.103. The topological polar surface area (TPSA) is 0 Å². The molecule has 0 saturated heterocycles. The van der Waals surface area contributed by atoms with Crippen LogP contribution in [0.3, 0.4) is 0 Å². The molecule has 0 saturated carbocycles. The van der Waals surface area contributed by atoms with Crippen molar-refractivity contribution in [2.24, 2.45) is 5.41 Å². The highest BCUT2D eigenvalue weighted by Crippen LogP contribution is 2.63. The summed E-state index contributed by atoms with van der Waals surface area (Å²) in [6.45, 7) is 14.4. The number of hydrogen-bond donors (Lipinski definition) is 0. The van der Waals surface area contributed by atoms with Gasteiger partial charge in [0.1, 0.15) is 0 Å². The zero-order valence-electron chi connectivity index (χ0n) is 17.6. The number of aryl methyl sites for hydroxylation is 1. The van der Waals surface area contributed by atoms with Gasteiger partial charge in [0.05, 0.1) is 0 Å². The Kier molecular flexibility index (Phi) is 4.10. The van der Waals surface area contributed by atoms with E-state index in [4.69, 9.17) is 0 Å². The van der Waals surface area contributed by atoms with Crippen molar-refractivity contribution in [1.29, 1.82) is 0 Å². The second-order valence-electron chi connectivity index (χ2n) is 9.05. The quantitative estimate of drug-likeness (QED) is 0.537. The highest BCUT2D eigenvalue weighted by molar-refractivity contribution is 5.72. The van der Waals surface area contributed by atoms with E-state index in [0.717, 1.165) is 0 Å². The van der Waals surface area contributed by atoms with Crippen LogP contribution in [0.5, 0.6) is 0 Å². The van der Waals surface area contributed by atoms with Crippen molar-refractivity contribution in [3.63, 3.8) is 0 Å². The molecule has 4 rings (SSSR count). The van der Waals surface area contributed by atoms with E-state index in [1.54, 1.807) is 27.8 Å². The van der Waals surface area contributed by atoms with E-state index in [1.807, 2.05) is 0 Å². The highest BCUT2D eigenvalue weighted by atomic mass is 14.6. The molecule has 0 nitrogen and oxygen atoms in total. The molecule has 3 aliphatic rings. The van der Waals surface area contributed by atoms with Crippen molar-refractivity contribution in [2.45, 2.75) is 85.5 Å². The first-order chi connectivity index (χ1) is 12.4. The maximum absolute atomic E-state index is 2.59. The molecule has 1 aromatic carbocycles. The Balaban J connectivity index is 2.03. The molecular weight excluding hydrogens is 312 g/mol. The summed E-state index contributed by atoms with van der Waals surface area (Å²) in [5.41, 5.74) is 12.9. The van der Waals surface area contributed by atoms with Crippen LogP contribution in [0.2, 0.25) is 0 Å². The minimum Gasteiger partial charge on any atom is -0.0721 e. The molecule has 0 spiro atoms. The van der Waals surface area contributed by atoms with Crippen molar-refractivity contribution in [3.8, 4) is 0 Å². The van der Waals surface area contributed by atoms with Crippen LogP contribution in [0, 0.1) is 5.41 Å². The lowest BCUT2D eigenvalue weighted by Gasteiger charge is -2.48. The van der Waals surface area contributed by atoms with E-state index in [9.17, 15) is 0 Å². The van der Waals surface area contributed by atoms with Gasteiger partial charge in [0.15, 0.2) is 0 Å². The summed E-state index contributed by atoms with van der Waals surface area (Å²) in [4.78, 5) is 0. The van der Waals surface area contributed by atoms with E-state index in [1.165, 1.54) is 55.2 Å². The van der Waals surface area contributed by atoms with Crippen LogP contribution in [0.4, 0.5) is 0 Å². The van der Waals surface area contributed by atoms with Crippen LogP contribution in [0.25, 0.3) is 6.08 Å². The van der Waals surface area contributed by atoms with Crippen LogP contribution >= 0.6 is 0 Å². The van der Waals surface area contributed by atoms with Crippen LogP contribution in [0.1, 0.15) is 89.5 Å². The summed E-state index contributed by atoms with van der Waals surface area (Å²) in [5.74, 6) is 0. The molecule has 1 aromatic rings. The number of rotatable bonds is 3. The van der Waals surface area contributed by atoms with E-state index in [2.05, 4.69) is 65.8 Å². The molecule has 3 aliphatic carbocycles. The Hall–Kier alpha value is -1.56. The molecule has 0 aliphatic heterocycles. The summed E-state index contributed by atoms with van der Waals surface area (Å²) >= 11 is 0. The summed E-state index contributed by atoms with van der Waals surface area (Å²) in [6.07, 6.45) is 12.7. The van der Waals surface area contributed by atoms with Gasteiger partial charge in [0.25, 0.3) is 0 Å². The lowest BCUT2D eigenvalue weighted by atomic mass is 9.54. The molecule has 1 unspecified atom stereocenters. The lowest BCUT2D eigenvalue weighted by Crippen LogP contribution is -2.43. The van der Waals surface area contributed by atoms with Crippen LogP contribution in [-0.2, 0) is 18.3 Å². The van der Waals surface area contributed by atoms with E-state index < -0.39 is 0 Å². The standard InChI is InChI=1S/C26H34/c1-7-15-26(25(6)19(4)17(2)18(3)20(25)5)16-14-22-13-12-21-10-8-9-11-23(21)24(22)26/h12-14,16H,7-11,15H2,1-6H3. The third kappa shape index (κ3) is 2.02.